The van der Waals surface area contributed by atoms with E-state index in [-0.39, 0.29) is 12.6 Å². The maximum absolute atomic E-state index is 12.6. The van der Waals surface area contributed by atoms with Crippen LogP contribution in [-0.4, -0.2) is 32.6 Å². The van der Waals surface area contributed by atoms with Gasteiger partial charge in [0.15, 0.2) is 0 Å². The molecule has 1 atom stereocenters. The maximum atomic E-state index is 12.6. The Morgan fingerprint density at radius 3 is 2.56 bits per heavy atom. The number of alkyl halides is 4. The molecule has 8 heteroatoms. The molecule has 0 spiro atoms. The van der Waals surface area contributed by atoms with E-state index in [1.807, 2.05) is 0 Å². The second kappa shape index (κ2) is 6.70. The van der Waals surface area contributed by atoms with Crippen molar-refractivity contribution < 1.29 is 22.3 Å². The van der Waals surface area contributed by atoms with Crippen LogP contribution in [0.5, 0.6) is 0 Å². The van der Waals surface area contributed by atoms with Crippen LogP contribution in [0.15, 0.2) is 12.1 Å². The molecule has 1 heterocycles. The predicted octanol–water partition coefficient (Wildman–Crippen LogP) is 3.58. The smallest absolute Gasteiger partial charge is 0.330 e. The topological polar surface area (TPSA) is 21.3 Å². The molecule has 0 saturated carbocycles. The van der Waals surface area contributed by atoms with Crippen LogP contribution in [-0.2, 0) is 4.74 Å². The van der Waals surface area contributed by atoms with Gasteiger partial charge in [-0.1, -0.05) is 11.6 Å². The Balaban J connectivity index is 2.46. The number of halogens is 5. The highest BCUT2D eigenvalue weighted by Crippen LogP contribution is 2.28. The van der Waals surface area contributed by atoms with Crippen molar-refractivity contribution in [3.8, 4) is 0 Å². The van der Waals surface area contributed by atoms with Crippen molar-refractivity contribution in [1.82, 2.24) is 5.32 Å². The monoisotopic (exact) mass is 305 g/mol. The average Bonchev–Trinajstić information content (AvgIpc) is 2.71. The van der Waals surface area contributed by atoms with Gasteiger partial charge in [0.05, 0.1) is 17.0 Å². The van der Waals surface area contributed by atoms with Crippen LogP contribution in [0.1, 0.15) is 10.9 Å². The molecular weight excluding hydrogens is 294 g/mol. The van der Waals surface area contributed by atoms with Crippen LogP contribution in [0.4, 0.5) is 17.6 Å². The van der Waals surface area contributed by atoms with Gasteiger partial charge in [-0.25, -0.2) is 8.78 Å². The average molecular weight is 306 g/mol. The fourth-order valence-corrected chi connectivity index (χ4v) is 2.35. The van der Waals surface area contributed by atoms with E-state index in [1.165, 1.54) is 11.3 Å². The van der Waals surface area contributed by atoms with Gasteiger partial charge in [0.25, 0.3) is 0 Å². The third-order valence-corrected chi connectivity index (χ3v) is 3.53. The number of hydrogen-bond donors (Lipinski definition) is 1. The summed E-state index contributed by atoms with van der Waals surface area (Å²) in [6, 6.07) is 3.04. The molecule has 1 aromatic rings. The van der Waals surface area contributed by atoms with Gasteiger partial charge in [0, 0.05) is 4.88 Å². The third kappa shape index (κ3) is 4.38. The zero-order chi connectivity index (χ0) is 13.8. The van der Waals surface area contributed by atoms with Crippen molar-refractivity contribution in [2.75, 3.05) is 20.3 Å². The van der Waals surface area contributed by atoms with Gasteiger partial charge in [-0.2, -0.15) is 8.78 Å². The summed E-state index contributed by atoms with van der Waals surface area (Å²) in [5.74, 6) is -4.12. The lowest BCUT2D eigenvalue weighted by atomic mass is 10.2. The molecule has 0 radical (unpaired) electrons. The van der Waals surface area contributed by atoms with Gasteiger partial charge in [-0.05, 0) is 19.2 Å². The first-order valence-electron chi connectivity index (χ1n) is 5.03. The quantitative estimate of drug-likeness (QED) is 0.778. The second-order valence-electron chi connectivity index (χ2n) is 3.56. The predicted molar refractivity (Wildman–Crippen MR) is 62.9 cm³/mol. The summed E-state index contributed by atoms with van der Waals surface area (Å²) in [6.07, 6.45) is -3.72. The number of likely N-dealkylation sites (N-methyl/N-ethyl adjacent to an activating group) is 1. The molecule has 0 bridgehead atoms. The van der Waals surface area contributed by atoms with Gasteiger partial charge in [0.1, 0.15) is 6.61 Å². The minimum absolute atomic E-state index is 0.129. The van der Waals surface area contributed by atoms with Crippen molar-refractivity contribution in [2.24, 2.45) is 0 Å². The first kappa shape index (κ1) is 15.7. The Morgan fingerprint density at radius 2 is 2.11 bits per heavy atom. The lowest BCUT2D eigenvalue weighted by Crippen LogP contribution is -2.34. The van der Waals surface area contributed by atoms with Gasteiger partial charge in [-0.15, -0.1) is 11.3 Å². The summed E-state index contributed by atoms with van der Waals surface area (Å²) in [4.78, 5) is 0.794. The molecule has 0 aliphatic carbocycles. The van der Waals surface area contributed by atoms with Crippen LogP contribution in [0.3, 0.4) is 0 Å². The zero-order valence-electron chi connectivity index (χ0n) is 9.43. The first-order chi connectivity index (χ1) is 8.36. The lowest BCUT2D eigenvalue weighted by molar-refractivity contribution is -0.167. The highest BCUT2D eigenvalue weighted by Gasteiger charge is 2.41. The molecule has 104 valence electrons. The van der Waals surface area contributed by atoms with Crippen LogP contribution >= 0.6 is 22.9 Å². The molecule has 1 N–H and O–H groups in total. The number of rotatable bonds is 7. The number of ether oxygens (including phenoxy) is 1. The highest BCUT2D eigenvalue weighted by molar-refractivity contribution is 7.16. The fourth-order valence-electron chi connectivity index (χ4n) is 1.20. The Kier molecular flexibility index (Phi) is 5.84. The third-order valence-electron chi connectivity index (χ3n) is 2.18. The van der Waals surface area contributed by atoms with Crippen molar-refractivity contribution in [3.05, 3.63) is 21.3 Å². The standard InChI is InChI=1S/C10H12ClF4NOS/c1-16-6(7-2-3-8(11)18-7)4-17-5-10(14,15)9(12)13/h2-3,6,9,16H,4-5H2,1H3. The molecule has 0 amide bonds. The summed E-state index contributed by atoms with van der Waals surface area (Å²) in [7, 11) is 1.62. The Morgan fingerprint density at radius 1 is 1.44 bits per heavy atom. The number of hydrogen-bond acceptors (Lipinski definition) is 3. The van der Waals surface area contributed by atoms with Gasteiger partial charge in [0.2, 0.25) is 0 Å². The maximum Gasteiger partial charge on any atom is 0.330 e. The van der Waals surface area contributed by atoms with Gasteiger partial charge in [-0.3, -0.25) is 0 Å². The van der Waals surface area contributed by atoms with E-state index in [2.05, 4.69) is 10.1 Å². The van der Waals surface area contributed by atoms with Gasteiger partial charge < -0.3 is 10.1 Å². The Labute approximate surface area is 111 Å². The molecule has 0 saturated heterocycles. The van der Waals surface area contributed by atoms with Crippen molar-refractivity contribution in [3.63, 3.8) is 0 Å². The molecular formula is C10H12ClF4NOS. The second-order valence-corrected chi connectivity index (χ2v) is 5.31. The minimum Gasteiger partial charge on any atom is -0.373 e. The summed E-state index contributed by atoms with van der Waals surface area (Å²) >= 11 is 7.01. The van der Waals surface area contributed by atoms with E-state index in [0.29, 0.717) is 4.34 Å². The number of nitrogens with one attached hydrogen (secondary N) is 1. The Bertz CT molecular complexity index is 375. The van der Waals surface area contributed by atoms with E-state index in [9.17, 15) is 17.6 Å². The normalized spacial score (nSPS) is 14.2. The molecule has 18 heavy (non-hydrogen) atoms. The van der Waals surface area contributed by atoms with E-state index in [0.717, 1.165) is 4.88 Å². The van der Waals surface area contributed by atoms with Crippen LogP contribution in [0, 0.1) is 0 Å². The summed E-state index contributed by atoms with van der Waals surface area (Å²) in [5, 5.41) is 2.84. The summed E-state index contributed by atoms with van der Waals surface area (Å²) in [5.41, 5.74) is 0. The van der Waals surface area contributed by atoms with Crippen LogP contribution in [0.25, 0.3) is 0 Å². The minimum atomic E-state index is -4.12. The summed E-state index contributed by atoms with van der Waals surface area (Å²) in [6.45, 7) is -1.43. The highest BCUT2D eigenvalue weighted by atomic mass is 35.5. The molecule has 2 nitrogen and oxygen atoms in total. The molecule has 1 aromatic heterocycles. The molecule has 1 unspecified atom stereocenters. The van der Waals surface area contributed by atoms with Crippen molar-refractivity contribution in [2.45, 2.75) is 18.4 Å². The largest absolute Gasteiger partial charge is 0.373 e. The Hall–Kier alpha value is -0.370. The van der Waals surface area contributed by atoms with E-state index in [4.69, 9.17) is 11.6 Å². The van der Waals surface area contributed by atoms with E-state index in [1.54, 1.807) is 19.2 Å². The summed E-state index contributed by atoms with van der Waals surface area (Å²) < 4.78 is 54.2. The lowest BCUT2D eigenvalue weighted by Gasteiger charge is -2.18. The SMILES string of the molecule is CNC(COCC(F)(F)C(F)F)c1ccc(Cl)s1. The molecule has 0 fully saturated rings. The van der Waals surface area contributed by atoms with Crippen molar-refractivity contribution >= 4 is 22.9 Å². The number of thiophene rings is 1. The van der Waals surface area contributed by atoms with Crippen molar-refractivity contribution in [1.29, 1.82) is 0 Å². The molecule has 0 aromatic carbocycles. The molecule has 1 rings (SSSR count). The zero-order valence-corrected chi connectivity index (χ0v) is 11.0. The molecule has 0 aliphatic heterocycles. The van der Waals surface area contributed by atoms with E-state index < -0.39 is 19.0 Å². The van der Waals surface area contributed by atoms with E-state index >= 15 is 0 Å². The first-order valence-corrected chi connectivity index (χ1v) is 6.22. The van der Waals surface area contributed by atoms with Gasteiger partial charge >= 0.3 is 12.3 Å². The van der Waals surface area contributed by atoms with Crippen LogP contribution < -0.4 is 5.32 Å². The van der Waals surface area contributed by atoms with Crippen LogP contribution in [0.2, 0.25) is 4.34 Å². The fraction of sp³-hybridized carbons (Fsp3) is 0.600. The molecule has 0 aliphatic rings.